The normalized spacial score (nSPS) is 13.6. The highest BCUT2D eigenvalue weighted by Crippen LogP contribution is 2.22. The fraction of sp³-hybridized carbons (Fsp3) is 0.926. The first-order valence-corrected chi connectivity index (χ1v) is 13.7. The molecular formula is C27H54N2O5S. The van der Waals surface area contributed by atoms with Gasteiger partial charge in [-0.05, 0) is 80.8 Å². The molecule has 1 unspecified atom stereocenters. The zero-order valence-electron chi connectivity index (χ0n) is 23.9. The second-order valence-electron chi connectivity index (χ2n) is 11.0. The highest BCUT2D eigenvalue weighted by Gasteiger charge is 2.27. The van der Waals surface area contributed by atoms with Crippen LogP contribution in [0, 0.1) is 0 Å². The molecule has 0 N–H and O–H groups in total. The maximum absolute atomic E-state index is 11.5. The summed E-state index contributed by atoms with van der Waals surface area (Å²) in [6, 6.07) is 0. The Morgan fingerprint density at radius 2 is 1.46 bits per heavy atom. The molecule has 0 saturated heterocycles. The molecule has 0 rings (SSSR count). The third kappa shape index (κ3) is 17.6. The molecule has 0 aromatic heterocycles. The molecule has 208 valence electrons. The number of carbonyl (C=O) groups excluding carboxylic acids is 2. The van der Waals surface area contributed by atoms with E-state index in [0.717, 1.165) is 45.3 Å². The van der Waals surface area contributed by atoms with Gasteiger partial charge in [-0.15, -0.1) is 0 Å². The van der Waals surface area contributed by atoms with E-state index in [4.69, 9.17) is 14.2 Å². The van der Waals surface area contributed by atoms with E-state index in [2.05, 4.69) is 64.1 Å². The Hall–Kier alpha value is -0.510. The molecule has 0 radical (unpaired) electrons. The number of ketones is 2. The van der Waals surface area contributed by atoms with Gasteiger partial charge in [0.05, 0.1) is 25.1 Å². The molecule has 0 amide bonds. The molecule has 0 aliphatic carbocycles. The second-order valence-corrected chi connectivity index (χ2v) is 11.7. The molecule has 0 bridgehead atoms. The van der Waals surface area contributed by atoms with Crippen molar-refractivity contribution < 1.29 is 23.8 Å². The predicted octanol–water partition coefficient (Wildman–Crippen LogP) is 4.27. The van der Waals surface area contributed by atoms with Crippen molar-refractivity contribution in [2.45, 2.75) is 96.9 Å². The average molecular weight is 519 g/mol. The van der Waals surface area contributed by atoms with E-state index in [-0.39, 0.29) is 41.1 Å². The number of unbranched alkanes of at least 4 members (excludes halogenated alkanes) is 2. The van der Waals surface area contributed by atoms with Crippen LogP contribution in [0.4, 0.5) is 0 Å². The topological polar surface area (TPSA) is 68.3 Å². The predicted molar refractivity (Wildman–Crippen MR) is 148 cm³/mol. The second kappa shape index (κ2) is 18.7. The first-order chi connectivity index (χ1) is 16.3. The van der Waals surface area contributed by atoms with Crippen molar-refractivity contribution in [3.8, 4) is 0 Å². The number of carbonyl (C=O) groups is 2. The lowest BCUT2D eigenvalue weighted by Crippen LogP contribution is -2.48. The Balaban J connectivity index is 4.20. The van der Waals surface area contributed by atoms with E-state index >= 15 is 0 Å². The van der Waals surface area contributed by atoms with Crippen molar-refractivity contribution in [2.75, 3.05) is 66.3 Å². The van der Waals surface area contributed by atoms with Gasteiger partial charge in [-0.2, -0.15) is 12.6 Å². The third-order valence-corrected chi connectivity index (χ3v) is 6.79. The van der Waals surface area contributed by atoms with Gasteiger partial charge in [-0.1, -0.05) is 6.92 Å². The Bertz CT molecular complexity index is 578. The van der Waals surface area contributed by atoms with E-state index in [1.54, 1.807) is 6.92 Å². The molecule has 7 nitrogen and oxygen atoms in total. The number of rotatable bonds is 22. The first kappa shape index (κ1) is 34.5. The van der Waals surface area contributed by atoms with E-state index in [1.807, 2.05) is 6.92 Å². The highest BCUT2D eigenvalue weighted by atomic mass is 32.1. The summed E-state index contributed by atoms with van der Waals surface area (Å²) in [6.45, 7) is 20.5. The molecule has 0 fully saturated rings. The van der Waals surface area contributed by atoms with Crippen LogP contribution in [0.5, 0.6) is 0 Å². The molecule has 0 aromatic carbocycles. The Kier molecular flexibility index (Phi) is 18.4. The molecule has 35 heavy (non-hydrogen) atoms. The van der Waals surface area contributed by atoms with E-state index < -0.39 is 0 Å². The maximum atomic E-state index is 11.5. The standard InChI is InChI=1S/C27H54N2O5S/c1-9-24(30)21-33-17-12-10-11-14-29(26(3,4)5)15-13-27(6,7)28(8)16-18-32-19-20-34-22-25(31)23(2)35/h23,35H,9-22H2,1-8H3. The van der Waals surface area contributed by atoms with Gasteiger partial charge in [-0.3, -0.25) is 19.4 Å². The van der Waals surface area contributed by atoms with Crippen molar-refractivity contribution in [1.29, 1.82) is 0 Å². The zero-order valence-corrected chi connectivity index (χ0v) is 24.8. The summed E-state index contributed by atoms with van der Waals surface area (Å²) >= 11 is 4.10. The Morgan fingerprint density at radius 1 is 0.829 bits per heavy atom. The zero-order chi connectivity index (χ0) is 26.9. The number of ether oxygens (including phenoxy) is 3. The molecule has 0 heterocycles. The quantitative estimate of drug-likeness (QED) is 0.170. The minimum absolute atomic E-state index is 0.00627. The molecule has 0 aliphatic heterocycles. The van der Waals surface area contributed by atoms with Gasteiger partial charge in [0.15, 0.2) is 11.6 Å². The largest absolute Gasteiger partial charge is 0.378 e. The number of likely N-dealkylation sites (N-methyl/N-ethyl adjacent to an activating group) is 1. The molecule has 0 aliphatic rings. The molecule has 0 spiro atoms. The minimum Gasteiger partial charge on any atom is -0.378 e. The summed E-state index contributed by atoms with van der Waals surface area (Å²) in [5.41, 5.74) is 0.173. The summed E-state index contributed by atoms with van der Waals surface area (Å²) in [5, 5.41) is -0.288. The van der Waals surface area contributed by atoms with Crippen LogP contribution >= 0.6 is 12.6 Å². The lowest BCUT2D eigenvalue weighted by atomic mass is 9.96. The van der Waals surface area contributed by atoms with Crippen molar-refractivity contribution in [3.63, 3.8) is 0 Å². The lowest BCUT2D eigenvalue weighted by molar-refractivity contribution is -0.124. The summed E-state index contributed by atoms with van der Waals surface area (Å²) in [4.78, 5) is 27.7. The van der Waals surface area contributed by atoms with Crippen LogP contribution in [0.2, 0.25) is 0 Å². The van der Waals surface area contributed by atoms with Crippen LogP contribution in [0.1, 0.15) is 80.6 Å². The Morgan fingerprint density at radius 3 is 2.06 bits per heavy atom. The first-order valence-electron chi connectivity index (χ1n) is 13.2. The van der Waals surface area contributed by atoms with Gasteiger partial charge >= 0.3 is 0 Å². The van der Waals surface area contributed by atoms with Crippen molar-refractivity contribution in [3.05, 3.63) is 0 Å². The van der Waals surface area contributed by atoms with E-state index in [9.17, 15) is 9.59 Å². The van der Waals surface area contributed by atoms with Gasteiger partial charge in [-0.25, -0.2) is 0 Å². The summed E-state index contributed by atoms with van der Waals surface area (Å²) in [6.07, 6.45) is 4.86. The van der Waals surface area contributed by atoms with Crippen molar-refractivity contribution in [1.82, 2.24) is 9.80 Å². The van der Waals surface area contributed by atoms with Gasteiger partial charge in [0.25, 0.3) is 0 Å². The fourth-order valence-corrected chi connectivity index (χ4v) is 3.45. The van der Waals surface area contributed by atoms with Crippen molar-refractivity contribution >= 4 is 24.2 Å². The fourth-order valence-electron chi connectivity index (χ4n) is 3.37. The van der Waals surface area contributed by atoms with Crippen LogP contribution in [-0.2, 0) is 23.8 Å². The summed E-state index contributed by atoms with van der Waals surface area (Å²) in [7, 11) is 2.15. The van der Waals surface area contributed by atoms with Crippen LogP contribution in [0.3, 0.4) is 0 Å². The Labute approximate surface area is 221 Å². The van der Waals surface area contributed by atoms with Crippen molar-refractivity contribution in [2.24, 2.45) is 0 Å². The number of Topliss-reactive ketones (excluding diaryl/α,β-unsaturated/α-hetero) is 2. The van der Waals surface area contributed by atoms with Crippen LogP contribution in [0.25, 0.3) is 0 Å². The molecule has 8 heteroatoms. The van der Waals surface area contributed by atoms with E-state index in [1.165, 1.54) is 0 Å². The SMILES string of the molecule is CCC(=O)COCCCCCN(CCC(C)(C)N(C)CCOCCOCC(=O)C(C)S)C(C)(C)C. The molecule has 0 aromatic rings. The number of nitrogens with zero attached hydrogens (tertiary/aromatic N) is 2. The van der Waals surface area contributed by atoms with Gasteiger partial charge < -0.3 is 14.2 Å². The van der Waals surface area contributed by atoms with Gasteiger partial charge in [0.2, 0.25) is 0 Å². The lowest BCUT2D eigenvalue weighted by Gasteiger charge is -2.41. The molecule has 1 atom stereocenters. The van der Waals surface area contributed by atoms with Crippen LogP contribution in [0.15, 0.2) is 0 Å². The summed E-state index contributed by atoms with van der Waals surface area (Å²) in [5.74, 6) is 0.164. The third-order valence-electron chi connectivity index (χ3n) is 6.50. The number of hydrogen-bond donors (Lipinski definition) is 1. The van der Waals surface area contributed by atoms with Gasteiger partial charge in [0, 0.05) is 37.2 Å². The van der Waals surface area contributed by atoms with Crippen LogP contribution < -0.4 is 0 Å². The monoisotopic (exact) mass is 518 g/mol. The highest BCUT2D eigenvalue weighted by molar-refractivity contribution is 7.81. The maximum Gasteiger partial charge on any atom is 0.170 e. The minimum atomic E-state index is -0.288. The number of thiol groups is 1. The van der Waals surface area contributed by atoms with Gasteiger partial charge in [0.1, 0.15) is 13.2 Å². The smallest absolute Gasteiger partial charge is 0.170 e. The summed E-state index contributed by atoms with van der Waals surface area (Å²) < 4.78 is 16.5. The average Bonchev–Trinajstić information content (AvgIpc) is 2.77. The molecular weight excluding hydrogens is 464 g/mol. The van der Waals surface area contributed by atoms with E-state index in [0.29, 0.717) is 32.8 Å². The van der Waals surface area contributed by atoms with Crippen LogP contribution in [-0.4, -0.2) is 104 Å². The number of hydrogen-bond acceptors (Lipinski definition) is 8. The molecule has 0 saturated carbocycles.